The van der Waals surface area contributed by atoms with Crippen LogP contribution in [0.25, 0.3) is 11.2 Å². The molecular weight excluding hydrogens is 909 g/mol. The Morgan fingerprint density at radius 2 is 1.45 bits per heavy atom. The average Bonchev–Trinajstić information content (AvgIpc) is 3.98. The van der Waals surface area contributed by atoms with E-state index in [2.05, 4.69) is 46.7 Å². The third-order valence-corrected chi connectivity index (χ3v) is 12.4. The number of benzene rings is 5. The first kappa shape index (κ1) is 48.2. The number of aromatic nitrogens is 4. The van der Waals surface area contributed by atoms with Crippen molar-refractivity contribution >= 4 is 28.6 Å². The number of phenolic OH excluding ortho intramolecular Hbond substituents is 1. The van der Waals surface area contributed by atoms with Crippen LogP contribution in [-0.4, -0.2) is 103 Å². The van der Waals surface area contributed by atoms with E-state index in [1.54, 1.807) is 29.1 Å². The van der Waals surface area contributed by atoms with Crippen LogP contribution in [0.15, 0.2) is 152 Å². The smallest absolute Gasteiger partial charge is 0.251 e. The topological polar surface area (TPSA) is 190 Å². The molecule has 2 aliphatic rings. The minimum atomic E-state index is -1.26. The zero-order chi connectivity index (χ0) is 49.3. The first-order chi connectivity index (χ1) is 34.8. The lowest BCUT2D eigenvalue weighted by Gasteiger charge is -2.37. The molecule has 4 heterocycles. The van der Waals surface area contributed by atoms with Crippen LogP contribution in [0.4, 0.5) is 11.5 Å². The lowest BCUT2D eigenvalue weighted by atomic mass is 9.77. The van der Waals surface area contributed by atoms with Crippen LogP contribution in [0.5, 0.6) is 28.7 Å². The largest absolute Gasteiger partial charge is 0.508 e. The molecule has 1 amide bonds. The van der Waals surface area contributed by atoms with Crippen LogP contribution in [0, 0.1) is 0 Å². The van der Waals surface area contributed by atoms with Crippen LogP contribution in [0.2, 0.25) is 0 Å². The van der Waals surface area contributed by atoms with Crippen molar-refractivity contribution in [3.05, 3.63) is 180 Å². The van der Waals surface area contributed by atoms with E-state index < -0.39 is 36.0 Å². The number of nitrogens with one attached hydrogen (secondary N) is 1. The molecule has 71 heavy (non-hydrogen) atoms. The number of fused-ring (bicyclic) bond motifs is 4. The lowest BCUT2D eigenvalue weighted by Crippen LogP contribution is -2.38. The number of aliphatic hydroxyl groups excluding tert-OH is 1. The number of imidazole rings is 1. The minimum absolute atomic E-state index is 0.0162. The Labute approximate surface area is 410 Å². The number of nitrogens with zero attached hydrogens (tertiary/aromatic N) is 5. The van der Waals surface area contributed by atoms with Gasteiger partial charge in [-0.1, -0.05) is 103 Å². The summed E-state index contributed by atoms with van der Waals surface area (Å²) in [6, 6.07) is 36.7. The van der Waals surface area contributed by atoms with Crippen LogP contribution < -0.4 is 29.2 Å². The molecular formula is C54H54N6O11. The Morgan fingerprint density at radius 3 is 2.10 bits per heavy atom. The van der Waals surface area contributed by atoms with Gasteiger partial charge >= 0.3 is 0 Å². The molecule has 1 fully saturated rings. The second-order valence-corrected chi connectivity index (χ2v) is 16.6. The van der Waals surface area contributed by atoms with Gasteiger partial charge in [-0.05, 0) is 41.3 Å². The Hall–Kier alpha value is -7.80. The number of carbonyl (C=O) groups is 1. The number of aliphatic hydroxyl groups is 1. The Bertz CT molecular complexity index is 2890. The summed E-state index contributed by atoms with van der Waals surface area (Å²) in [4.78, 5) is 30.7. The average molecular weight is 963 g/mol. The molecule has 9 rings (SSSR count). The van der Waals surface area contributed by atoms with E-state index in [1.807, 2.05) is 66.7 Å². The fourth-order valence-electron chi connectivity index (χ4n) is 9.14. The van der Waals surface area contributed by atoms with Crippen LogP contribution in [-0.2, 0) is 42.2 Å². The lowest BCUT2D eigenvalue weighted by molar-refractivity contribution is -0.114. The van der Waals surface area contributed by atoms with Crippen LogP contribution >= 0.6 is 0 Å². The Morgan fingerprint density at radius 1 is 0.775 bits per heavy atom. The standard InChI is InChI=1S/C54H54N6O11/c1-64-33-69-44-29-41-48(70-34-65-2)40(49(44)67-4)22-14-15-27-68-50-42(25-26-45(62)59(41)30-35-23-24-39(61)28-43(35)66-3)71-53(47(50)63)60-32-57-46-51(55-31-56-52(46)60)58-54(36-16-8-5-9-17-36,37-18-10-6-11-19-37)38-20-12-7-13-21-38/h5-21,23-26,28-29,31-32,42,47,50,53,61,63H,22,27,30,33-34H2,1-4H3,(H,55,56,58)/b15-14-,26-25+/t42-,47-,50-,53-/m1/s1. The Balaban J connectivity index is 1.11. The number of rotatable bonds is 16. The highest BCUT2D eigenvalue weighted by Crippen LogP contribution is 2.47. The van der Waals surface area contributed by atoms with Crippen molar-refractivity contribution < 1.29 is 52.9 Å². The summed E-state index contributed by atoms with van der Waals surface area (Å²) in [6.45, 7) is -0.277. The summed E-state index contributed by atoms with van der Waals surface area (Å²) < 4.78 is 49.2. The van der Waals surface area contributed by atoms with Crippen molar-refractivity contribution in [3.63, 3.8) is 0 Å². The number of amides is 1. The molecule has 0 aliphatic carbocycles. The normalized spacial score (nSPS) is 19.1. The number of phenols is 1. The summed E-state index contributed by atoms with van der Waals surface area (Å²) >= 11 is 0. The molecule has 17 heteroatoms. The van der Waals surface area contributed by atoms with Crippen molar-refractivity contribution in [1.82, 2.24) is 19.5 Å². The predicted molar refractivity (Wildman–Crippen MR) is 264 cm³/mol. The number of allylic oxidation sites excluding steroid dienone is 1. The van der Waals surface area contributed by atoms with Crippen molar-refractivity contribution in [2.75, 3.05) is 58.8 Å². The molecule has 7 aromatic rings. The predicted octanol–water partition coefficient (Wildman–Crippen LogP) is 7.46. The van der Waals surface area contributed by atoms with Crippen molar-refractivity contribution in [1.29, 1.82) is 0 Å². The number of methoxy groups -OCH3 is 4. The summed E-state index contributed by atoms with van der Waals surface area (Å²) in [7, 11) is 5.97. The van der Waals surface area contributed by atoms with Gasteiger partial charge in [0.25, 0.3) is 5.91 Å². The third kappa shape index (κ3) is 9.73. The van der Waals surface area contributed by atoms with Gasteiger partial charge in [0.05, 0.1) is 39.4 Å². The number of hydrogen-bond acceptors (Lipinski definition) is 15. The summed E-state index contributed by atoms with van der Waals surface area (Å²) in [5.74, 6) is 1.18. The quantitative estimate of drug-likeness (QED) is 0.0491. The van der Waals surface area contributed by atoms with Gasteiger partial charge < -0.3 is 58.3 Å². The zero-order valence-corrected chi connectivity index (χ0v) is 39.6. The van der Waals surface area contributed by atoms with Gasteiger partial charge in [-0.15, -0.1) is 0 Å². The molecule has 3 N–H and O–H groups in total. The highest BCUT2D eigenvalue weighted by Gasteiger charge is 2.46. The molecule has 2 aromatic heterocycles. The first-order valence-electron chi connectivity index (χ1n) is 22.8. The van der Waals surface area contributed by atoms with Gasteiger partial charge in [0.15, 0.2) is 54.0 Å². The molecule has 2 aliphatic heterocycles. The molecule has 366 valence electrons. The highest BCUT2D eigenvalue weighted by molar-refractivity contribution is 6.03. The maximum Gasteiger partial charge on any atom is 0.251 e. The SMILES string of the molecule is COCOc1cc2c(OCOC)c(c1OC)C/C=C\CO[C@H]1[C@@H](O)[C@H](n3cnc4c(NC(c5ccccc5)(c5ccccc5)c5ccccc5)ncnc43)O[C@@H]1/C=C/C(=O)N2Cc1ccc(O)cc1OC. The molecule has 0 spiro atoms. The van der Waals surface area contributed by atoms with Crippen LogP contribution in [0.3, 0.4) is 0 Å². The first-order valence-corrected chi connectivity index (χ1v) is 22.8. The van der Waals surface area contributed by atoms with E-state index >= 15 is 0 Å². The van der Waals surface area contributed by atoms with Gasteiger partial charge in [-0.3, -0.25) is 9.36 Å². The zero-order valence-electron chi connectivity index (χ0n) is 39.6. The minimum Gasteiger partial charge on any atom is -0.508 e. The maximum absolute atomic E-state index is 14.9. The fraction of sp³-hybridized carbons (Fsp3) is 0.259. The van der Waals surface area contributed by atoms with Gasteiger partial charge in [0.2, 0.25) is 0 Å². The number of anilines is 2. The highest BCUT2D eigenvalue weighted by atomic mass is 16.7. The van der Waals surface area contributed by atoms with E-state index in [9.17, 15) is 15.0 Å². The van der Waals surface area contributed by atoms with E-state index in [0.29, 0.717) is 45.3 Å². The monoisotopic (exact) mass is 962 g/mol. The van der Waals surface area contributed by atoms with Gasteiger partial charge in [0, 0.05) is 43.6 Å². The second kappa shape index (κ2) is 21.9. The molecule has 5 aromatic carbocycles. The number of carbonyl (C=O) groups excluding carboxylic acids is 1. The summed E-state index contributed by atoms with van der Waals surface area (Å²) in [5.41, 5.74) is 4.22. The van der Waals surface area contributed by atoms with E-state index in [4.69, 9.17) is 47.9 Å². The maximum atomic E-state index is 14.9. The molecule has 0 unspecified atom stereocenters. The summed E-state index contributed by atoms with van der Waals surface area (Å²) in [5, 5.41) is 26.3. The second-order valence-electron chi connectivity index (χ2n) is 16.6. The summed E-state index contributed by atoms with van der Waals surface area (Å²) in [6.07, 6.45) is 5.60. The van der Waals surface area contributed by atoms with Gasteiger partial charge in [-0.25, -0.2) is 15.0 Å². The number of ether oxygens (including phenoxy) is 8. The number of aromatic hydroxyl groups is 1. The molecule has 17 nitrogen and oxygen atoms in total. The van der Waals surface area contributed by atoms with Gasteiger partial charge in [0.1, 0.15) is 41.7 Å². The van der Waals surface area contributed by atoms with E-state index in [-0.39, 0.29) is 50.4 Å². The molecule has 2 bridgehead atoms. The van der Waals surface area contributed by atoms with E-state index in [0.717, 1.165) is 16.7 Å². The molecule has 4 atom stereocenters. The van der Waals surface area contributed by atoms with Crippen molar-refractivity contribution in [2.24, 2.45) is 0 Å². The van der Waals surface area contributed by atoms with Gasteiger partial charge in [-0.2, -0.15) is 0 Å². The molecule has 0 radical (unpaired) electrons. The molecule has 0 saturated carbocycles. The third-order valence-electron chi connectivity index (χ3n) is 12.4. The number of hydrogen-bond donors (Lipinski definition) is 3. The van der Waals surface area contributed by atoms with Crippen LogP contribution in [0.1, 0.15) is 34.0 Å². The fourth-order valence-corrected chi connectivity index (χ4v) is 9.14. The van der Waals surface area contributed by atoms with Crippen molar-refractivity contribution in [2.45, 2.75) is 43.0 Å². The molecule has 1 saturated heterocycles. The van der Waals surface area contributed by atoms with E-state index in [1.165, 1.54) is 57.9 Å². The Kier molecular flexibility index (Phi) is 14.9. The van der Waals surface area contributed by atoms with Crippen molar-refractivity contribution in [3.8, 4) is 28.7 Å².